The fourth-order valence-electron chi connectivity index (χ4n) is 5.00. The third-order valence-corrected chi connectivity index (χ3v) is 7.53. The van der Waals surface area contributed by atoms with Crippen molar-refractivity contribution in [1.82, 2.24) is 19.8 Å². The average molecular weight is 642 g/mol. The van der Waals surface area contributed by atoms with Crippen molar-refractivity contribution in [1.29, 1.82) is 0 Å². The summed E-state index contributed by atoms with van der Waals surface area (Å²) in [4.78, 5) is 63.1. The van der Waals surface area contributed by atoms with E-state index in [4.69, 9.17) is 5.73 Å². The van der Waals surface area contributed by atoms with Gasteiger partial charge in [0.05, 0.1) is 0 Å². The van der Waals surface area contributed by atoms with Crippen molar-refractivity contribution in [3.63, 3.8) is 0 Å². The van der Waals surface area contributed by atoms with E-state index in [0.29, 0.717) is 67.5 Å². The molecule has 1 aliphatic rings. The van der Waals surface area contributed by atoms with Crippen molar-refractivity contribution in [2.75, 3.05) is 61.5 Å². The average Bonchev–Trinajstić information content (AvgIpc) is 3.31. The second kappa shape index (κ2) is 16.9. The van der Waals surface area contributed by atoms with Crippen molar-refractivity contribution >= 4 is 52.5 Å². The summed E-state index contributed by atoms with van der Waals surface area (Å²) in [6.45, 7) is 4.42. The molecule has 1 aliphatic heterocycles. The first kappa shape index (κ1) is 34.6. The Labute approximate surface area is 275 Å². The van der Waals surface area contributed by atoms with Gasteiger partial charge in [0.15, 0.2) is 0 Å². The van der Waals surface area contributed by atoms with Gasteiger partial charge in [0.1, 0.15) is 11.4 Å². The largest absolute Gasteiger partial charge is 0.369 e. The Morgan fingerprint density at radius 3 is 2.45 bits per heavy atom. The molecule has 1 fully saturated rings. The van der Waals surface area contributed by atoms with Gasteiger partial charge in [-0.3, -0.25) is 19.2 Å². The van der Waals surface area contributed by atoms with E-state index in [0.717, 1.165) is 12.8 Å². The predicted octanol–water partition coefficient (Wildman–Crippen LogP) is 4.08. The number of likely N-dealkylation sites (tertiary alicyclic amines) is 1. The topological polar surface area (TPSA) is 175 Å². The normalized spacial score (nSPS) is 14.8. The molecule has 0 spiro atoms. The Balaban J connectivity index is 1.38. The van der Waals surface area contributed by atoms with Crippen LogP contribution >= 0.6 is 0 Å². The summed E-state index contributed by atoms with van der Waals surface area (Å²) in [6.07, 6.45) is 7.71. The SMILES string of the molecule is CCCNc1nc(Nc2ccc(C(N)=O)cc2)ncc1C(=O)Nc1cccc(NC(=O)[C@H]2CCCN(C(=O)/C=C/CN(C)C)CC2)c1. The molecule has 1 atom stereocenters. The smallest absolute Gasteiger partial charge is 0.260 e. The first-order valence-electron chi connectivity index (χ1n) is 15.7. The minimum Gasteiger partial charge on any atom is -0.369 e. The van der Waals surface area contributed by atoms with Crippen LogP contribution in [0.2, 0.25) is 0 Å². The third-order valence-electron chi connectivity index (χ3n) is 7.53. The molecule has 0 radical (unpaired) electrons. The van der Waals surface area contributed by atoms with Crippen LogP contribution in [-0.4, -0.2) is 83.7 Å². The summed E-state index contributed by atoms with van der Waals surface area (Å²) in [5.74, 6) is -0.688. The molecule has 3 aromatic rings. The summed E-state index contributed by atoms with van der Waals surface area (Å²) >= 11 is 0. The molecule has 0 bridgehead atoms. The van der Waals surface area contributed by atoms with E-state index in [1.807, 2.05) is 32.0 Å². The van der Waals surface area contributed by atoms with Crippen LogP contribution in [0.25, 0.3) is 0 Å². The van der Waals surface area contributed by atoms with Crippen LogP contribution in [-0.2, 0) is 9.59 Å². The van der Waals surface area contributed by atoms with Crippen LogP contribution in [0.1, 0.15) is 53.3 Å². The molecular weight excluding hydrogens is 598 g/mol. The molecule has 1 aromatic heterocycles. The molecule has 2 heterocycles. The van der Waals surface area contributed by atoms with Crippen molar-refractivity contribution in [3.05, 3.63) is 78.0 Å². The van der Waals surface area contributed by atoms with Gasteiger partial charge in [-0.05, 0) is 82.2 Å². The number of nitrogens with one attached hydrogen (secondary N) is 4. The lowest BCUT2D eigenvalue weighted by Gasteiger charge is -2.19. The maximum absolute atomic E-state index is 13.4. The zero-order valence-electron chi connectivity index (χ0n) is 27.1. The number of aromatic nitrogens is 2. The van der Waals surface area contributed by atoms with Gasteiger partial charge in [0.2, 0.25) is 23.7 Å². The summed E-state index contributed by atoms with van der Waals surface area (Å²) in [5, 5.41) is 12.1. The molecule has 0 unspecified atom stereocenters. The Bertz CT molecular complexity index is 1590. The summed E-state index contributed by atoms with van der Waals surface area (Å²) < 4.78 is 0. The number of amides is 4. The summed E-state index contributed by atoms with van der Waals surface area (Å²) in [6, 6.07) is 13.5. The van der Waals surface area contributed by atoms with E-state index in [1.165, 1.54) is 6.20 Å². The monoisotopic (exact) mass is 641 g/mol. The van der Waals surface area contributed by atoms with Crippen LogP contribution in [0.15, 0.2) is 66.9 Å². The number of nitrogens with zero attached hydrogens (tertiary/aromatic N) is 4. The van der Waals surface area contributed by atoms with Crippen LogP contribution in [0.4, 0.5) is 28.8 Å². The molecule has 4 amide bonds. The van der Waals surface area contributed by atoms with Crippen LogP contribution < -0.4 is 27.0 Å². The number of rotatable bonds is 13. The number of hydrogen-bond donors (Lipinski definition) is 5. The minimum absolute atomic E-state index is 0.0305. The van der Waals surface area contributed by atoms with Crippen LogP contribution in [0, 0.1) is 5.92 Å². The van der Waals surface area contributed by atoms with Gasteiger partial charge < -0.3 is 36.8 Å². The van der Waals surface area contributed by atoms with Gasteiger partial charge in [-0.2, -0.15) is 4.98 Å². The first-order valence-corrected chi connectivity index (χ1v) is 15.7. The number of benzene rings is 2. The molecule has 2 aromatic carbocycles. The Morgan fingerprint density at radius 2 is 1.74 bits per heavy atom. The lowest BCUT2D eigenvalue weighted by molar-refractivity contribution is -0.126. The number of likely N-dealkylation sites (N-methyl/N-ethyl adjacent to an activating group) is 1. The van der Waals surface area contributed by atoms with Gasteiger partial charge in [-0.25, -0.2) is 4.98 Å². The van der Waals surface area contributed by atoms with Crippen molar-refractivity contribution < 1.29 is 19.2 Å². The van der Waals surface area contributed by atoms with E-state index in [2.05, 4.69) is 31.2 Å². The van der Waals surface area contributed by atoms with E-state index >= 15 is 0 Å². The highest BCUT2D eigenvalue weighted by Gasteiger charge is 2.25. The maximum atomic E-state index is 13.4. The van der Waals surface area contributed by atoms with Gasteiger partial charge in [-0.1, -0.05) is 19.1 Å². The van der Waals surface area contributed by atoms with E-state index in [-0.39, 0.29) is 29.2 Å². The molecule has 0 saturated carbocycles. The molecule has 13 heteroatoms. The molecule has 47 heavy (non-hydrogen) atoms. The molecule has 4 rings (SSSR count). The molecule has 0 aliphatic carbocycles. The predicted molar refractivity (Wildman–Crippen MR) is 184 cm³/mol. The second-order valence-corrected chi connectivity index (χ2v) is 11.6. The number of nitrogens with two attached hydrogens (primary N) is 1. The second-order valence-electron chi connectivity index (χ2n) is 11.6. The van der Waals surface area contributed by atoms with E-state index in [1.54, 1.807) is 59.5 Å². The lowest BCUT2D eigenvalue weighted by atomic mass is 9.99. The summed E-state index contributed by atoms with van der Waals surface area (Å²) in [7, 11) is 3.89. The number of hydrogen-bond acceptors (Lipinski definition) is 9. The third kappa shape index (κ3) is 10.4. The van der Waals surface area contributed by atoms with E-state index < -0.39 is 11.8 Å². The molecule has 6 N–H and O–H groups in total. The van der Waals surface area contributed by atoms with Gasteiger partial charge in [0.25, 0.3) is 5.91 Å². The quantitative estimate of drug-likeness (QED) is 0.172. The first-order chi connectivity index (χ1) is 22.6. The maximum Gasteiger partial charge on any atom is 0.260 e. The standard InChI is InChI=1S/C34H43N9O4/c1-4-17-36-31-28(22-37-34(41-31)40-25-14-12-23(13-15-25)30(35)45)33(47)39-27-10-5-9-26(21-27)38-32(46)24-8-6-19-43(20-16-24)29(44)11-7-18-42(2)3/h5,7,9-15,21-22,24H,4,6,8,16-20H2,1-3H3,(H2,35,45)(H,38,46)(H,39,47)(H2,36,37,40,41)/b11-7+/t24-/m0/s1. The molecular formula is C34H43N9O4. The zero-order valence-corrected chi connectivity index (χ0v) is 27.1. The molecule has 248 valence electrons. The van der Waals surface area contributed by atoms with Gasteiger partial charge in [-0.15, -0.1) is 0 Å². The van der Waals surface area contributed by atoms with E-state index in [9.17, 15) is 19.2 Å². The number of carbonyl (C=O) groups excluding carboxylic acids is 4. The zero-order chi connectivity index (χ0) is 33.8. The summed E-state index contributed by atoms with van der Waals surface area (Å²) in [5.41, 5.74) is 7.64. The van der Waals surface area contributed by atoms with Crippen molar-refractivity contribution in [2.45, 2.75) is 32.6 Å². The van der Waals surface area contributed by atoms with Crippen LogP contribution in [0.5, 0.6) is 0 Å². The fourth-order valence-corrected chi connectivity index (χ4v) is 5.00. The fraction of sp³-hybridized carbons (Fsp3) is 0.353. The Morgan fingerprint density at radius 1 is 1.00 bits per heavy atom. The minimum atomic E-state index is -0.521. The lowest BCUT2D eigenvalue weighted by Crippen LogP contribution is -2.31. The Hall–Kier alpha value is -5.30. The number of anilines is 5. The van der Waals surface area contributed by atoms with Crippen molar-refractivity contribution in [3.8, 4) is 0 Å². The van der Waals surface area contributed by atoms with Gasteiger partial charge >= 0.3 is 0 Å². The molecule has 13 nitrogen and oxygen atoms in total. The number of carbonyl (C=O) groups is 4. The molecule has 1 saturated heterocycles. The van der Waals surface area contributed by atoms with Gasteiger partial charge in [0, 0.05) is 67.0 Å². The highest BCUT2D eigenvalue weighted by atomic mass is 16.2. The highest BCUT2D eigenvalue weighted by molar-refractivity contribution is 6.07. The number of primary amides is 1. The highest BCUT2D eigenvalue weighted by Crippen LogP contribution is 2.23. The Kier molecular flexibility index (Phi) is 12.4. The van der Waals surface area contributed by atoms with Crippen molar-refractivity contribution in [2.24, 2.45) is 11.7 Å². The van der Waals surface area contributed by atoms with Crippen LogP contribution in [0.3, 0.4) is 0 Å².